The monoisotopic (exact) mass is 392 g/mol. The number of carbonyl (C=O) groups is 2. The molecule has 0 unspecified atom stereocenters. The summed E-state index contributed by atoms with van der Waals surface area (Å²) in [5, 5.41) is 3.66. The van der Waals surface area contributed by atoms with Crippen molar-refractivity contribution in [3.05, 3.63) is 34.9 Å². The number of nitrogens with zero attached hydrogens (tertiary/aromatic N) is 1. The fourth-order valence-electron chi connectivity index (χ4n) is 4.14. The normalized spacial score (nSPS) is 23.5. The van der Waals surface area contributed by atoms with Gasteiger partial charge in [0.1, 0.15) is 0 Å². The summed E-state index contributed by atoms with van der Waals surface area (Å²) >= 11 is 5.97. The Morgan fingerprint density at radius 2 is 1.81 bits per heavy atom. The topological polar surface area (TPSA) is 53.9 Å². The molecule has 2 aliphatic heterocycles. The third-order valence-electron chi connectivity index (χ3n) is 5.75. The molecule has 27 heavy (non-hydrogen) atoms. The second-order valence-electron chi connectivity index (χ2n) is 7.85. The van der Waals surface area contributed by atoms with E-state index in [2.05, 4.69) is 10.2 Å². The average molecular weight is 393 g/mol. The van der Waals surface area contributed by atoms with Gasteiger partial charge in [-0.1, -0.05) is 36.6 Å². The Kier molecular flexibility index (Phi) is 7.53. The van der Waals surface area contributed by atoms with E-state index in [0.29, 0.717) is 24.0 Å². The van der Waals surface area contributed by atoms with Gasteiger partial charge in [-0.3, -0.25) is 9.59 Å². The minimum atomic E-state index is 0.0577. The predicted octanol–water partition coefficient (Wildman–Crippen LogP) is 1.65. The Bertz CT molecular complexity index is 636. The number of piperidine rings is 1. The Morgan fingerprint density at radius 1 is 1.11 bits per heavy atom. The largest absolute Gasteiger partial charge is 0.347 e. The first kappa shape index (κ1) is 20.2. The predicted molar refractivity (Wildman–Crippen MR) is 107 cm³/mol. The SMILES string of the molecule is O=C(C[NH+]1CCC(C(=O)N2CCCCCC2)CC1)NCc1cccc(Cl)c1. The lowest BCUT2D eigenvalue weighted by molar-refractivity contribution is -0.897. The number of carbonyl (C=O) groups excluding carboxylic acids is 2. The summed E-state index contributed by atoms with van der Waals surface area (Å²) in [6.07, 6.45) is 6.57. The number of hydrogen-bond acceptors (Lipinski definition) is 2. The lowest BCUT2D eigenvalue weighted by Gasteiger charge is -2.31. The van der Waals surface area contributed by atoms with Crippen LogP contribution in [0.15, 0.2) is 24.3 Å². The molecule has 148 valence electrons. The third kappa shape index (κ3) is 6.22. The minimum Gasteiger partial charge on any atom is -0.347 e. The molecule has 0 spiro atoms. The van der Waals surface area contributed by atoms with E-state index >= 15 is 0 Å². The zero-order valence-electron chi connectivity index (χ0n) is 16.0. The first-order valence-electron chi connectivity index (χ1n) is 10.3. The molecule has 2 N–H and O–H groups in total. The number of likely N-dealkylation sites (tertiary alicyclic amines) is 2. The molecular formula is C21H31ClN3O2+. The molecule has 3 rings (SSSR count). The summed E-state index contributed by atoms with van der Waals surface area (Å²) in [7, 11) is 0. The highest BCUT2D eigenvalue weighted by Crippen LogP contribution is 2.17. The highest BCUT2D eigenvalue weighted by molar-refractivity contribution is 6.30. The van der Waals surface area contributed by atoms with Gasteiger partial charge in [-0.15, -0.1) is 0 Å². The van der Waals surface area contributed by atoms with E-state index in [1.807, 2.05) is 24.3 Å². The number of nitrogens with one attached hydrogen (secondary N) is 2. The van der Waals surface area contributed by atoms with Crippen LogP contribution in [-0.4, -0.2) is 49.4 Å². The number of quaternary nitrogens is 1. The number of hydrogen-bond donors (Lipinski definition) is 2. The quantitative estimate of drug-likeness (QED) is 0.800. The molecular weight excluding hydrogens is 362 g/mol. The number of rotatable bonds is 5. The maximum absolute atomic E-state index is 12.7. The molecule has 0 aromatic heterocycles. The Morgan fingerprint density at radius 3 is 2.48 bits per heavy atom. The van der Waals surface area contributed by atoms with Crippen molar-refractivity contribution in [2.45, 2.75) is 45.1 Å². The van der Waals surface area contributed by atoms with Crippen LogP contribution in [0.4, 0.5) is 0 Å². The molecule has 2 fully saturated rings. The first-order valence-corrected chi connectivity index (χ1v) is 10.6. The van der Waals surface area contributed by atoms with Crippen molar-refractivity contribution >= 4 is 23.4 Å². The van der Waals surface area contributed by atoms with Crippen LogP contribution in [0.1, 0.15) is 44.1 Å². The molecule has 5 nitrogen and oxygen atoms in total. The standard InChI is InChI=1S/C21H30ClN3O2/c22-19-7-5-6-17(14-19)15-23-20(26)16-24-12-8-18(9-13-24)21(27)25-10-3-1-2-4-11-25/h5-7,14,18H,1-4,8-13,15-16H2,(H,23,26)/p+1. The summed E-state index contributed by atoms with van der Waals surface area (Å²) in [6.45, 7) is 4.63. The minimum absolute atomic E-state index is 0.0577. The lowest BCUT2D eigenvalue weighted by Crippen LogP contribution is -3.14. The van der Waals surface area contributed by atoms with Crippen LogP contribution < -0.4 is 10.2 Å². The maximum Gasteiger partial charge on any atom is 0.275 e. The van der Waals surface area contributed by atoms with Gasteiger partial charge >= 0.3 is 0 Å². The molecule has 0 bridgehead atoms. The molecule has 6 heteroatoms. The van der Waals surface area contributed by atoms with E-state index in [9.17, 15) is 9.59 Å². The lowest BCUT2D eigenvalue weighted by atomic mass is 9.95. The van der Waals surface area contributed by atoms with Gasteiger partial charge in [-0.05, 0) is 30.5 Å². The van der Waals surface area contributed by atoms with E-state index in [-0.39, 0.29) is 11.8 Å². The molecule has 2 heterocycles. The molecule has 0 radical (unpaired) electrons. The van der Waals surface area contributed by atoms with Gasteiger partial charge in [0, 0.05) is 43.4 Å². The summed E-state index contributed by atoms with van der Waals surface area (Å²) in [4.78, 5) is 28.3. The molecule has 0 saturated carbocycles. The zero-order valence-corrected chi connectivity index (χ0v) is 16.8. The van der Waals surface area contributed by atoms with Crippen molar-refractivity contribution in [1.82, 2.24) is 10.2 Å². The van der Waals surface area contributed by atoms with E-state index < -0.39 is 0 Å². The van der Waals surface area contributed by atoms with E-state index in [4.69, 9.17) is 11.6 Å². The summed E-state index contributed by atoms with van der Waals surface area (Å²) in [5.41, 5.74) is 1.01. The molecule has 1 aromatic carbocycles. The molecule has 0 aliphatic carbocycles. The molecule has 2 saturated heterocycles. The van der Waals surface area contributed by atoms with E-state index in [0.717, 1.165) is 57.4 Å². The second-order valence-corrected chi connectivity index (χ2v) is 8.28. The fourth-order valence-corrected chi connectivity index (χ4v) is 4.35. The second kappa shape index (κ2) is 10.1. The Balaban J connectivity index is 1.38. The smallest absolute Gasteiger partial charge is 0.275 e. The van der Waals surface area contributed by atoms with Crippen molar-refractivity contribution in [2.24, 2.45) is 5.92 Å². The van der Waals surface area contributed by atoms with Crippen LogP contribution in [0.2, 0.25) is 5.02 Å². The average Bonchev–Trinajstić information content (AvgIpc) is 2.96. The van der Waals surface area contributed by atoms with Crippen LogP contribution in [0, 0.1) is 5.92 Å². The van der Waals surface area contributed by atoms with Gasteiger partial charge in [-0.25, -0.2) is 0 Å². The van der Waals surface area contributed by atoms with E-state index in [1.54, 1.807) is 0 Å². The number of benzene rings is 1. The van der Waals surface area contributed by atoms with Gasteiger partial charge < -0.3 is 15.1 Å². The van der Waals surface area contributed by atoms with Crippen LogP contribution in [0.5, 0.6) is 0 Å². The third-order valence-corrected chi connectivity index (χ3v) is 5.98. The van der Waals surface area contributed by atoms with Crippen molar-refractivity contribution in [3.63, 3.8) is 0 Å². The van der Waals surface area contributed by atoms with Gasteiger partial charge in [0.05, 0.1) is 13.1 Å². The zero-order chi connectivity index (χ0) is 19.1. The summed E-state index contributed by atoms with van der Waals surface area (Å²) in [5.74, 6) is 0.560. The van der Waals surface area contributed by atoms with Gasteiger partial charge in [0.25, 0.3) is 5.91 Å². The van der Waals surface area contributed by atoms with E-state index in [1.165, 1.54) is 17.7 Å². The Labute approximate surface area is 167 Å². The maximum atomic E-state index is 12.7. The molecule has 0 atom stereocenters. The van der Waals surface area contributed by atoms with Gasteiger partial charge in [-0.2, -0.15) is 0 Å². The molecule has 2 amide bonds. The highest BCUT2D eigenvalue weighted by atomic mass is 35.5. The van der Waals surface area contributed by atoms with Gasteiger partial charge in [0.15, 0.2) is 6.54 Å². The van der Waals surface area contributed by atoms with Crippen molar-refractivity contribution in [2.75, 3.05) is 32.7 Å². The fraction of sp³-hybridized carbons (Fsp3) is 0.619. The summed E-state index contributed by atoms with van der Waals surface area (Å²) in [6, 6.07) is 7.54. The first-order chi connectivity index (χ1) is 13.1. The summed E-state index contributed by atoms with van der Waals surface area (Å²) < 4.78 is 0. The van der Waals surface area contributed by atoms with Crippen molar-refractivity contribution < 1.29 is 14.5 Å². The molecule has 1 aromatic rings. The van der Waals surface area contributed by atoms with Crippen LogP contribution >= 0.6 is 11.6 Å². The van der Waals surface area contributed by atoms with Crippen LogP contribution in [0.3, 0.4) is 0 Å². The highest BCUT2D eigenvalue weighted by Gasteiger charge is 2.31. The number of amides is 2. The Hall–Kier alpha value is -1.59. The number of halogens is 1. The van der Waals surface area contributed by atoms with Crippen LogP contribution in [0.25, 0.3) is 0 Å². The van der Waals surface area contributed by atoms with Gasteiger partial charge in [0.2, 0.25) is 5.91 Å². The van der Waals surface area contributed by atoms with Crippen molar-refractivity contribution in [3.8, 4) is 0 Å². The molecule has 2 aliphatic rings. The van der Waals surface area contributed by atoms with Crippen LogP contribution in [-0.2, 0) is 16.1 Å². The van der Waals surface area contributed by atoms with Crippen molar-refractivity contribution in [1.29, 1.82) is 0 Å².